The summed E-state index contributed by atoms with van der Waals surface area (Å²) < 4.78 is 70.0. The highest BCUT2D eigenvalue weighted by Gasteiger charge is 2.22. The van der Waals surface area contributed by atoms with Crippen LogP contribution in [0.2, 0.25) is 0 Å². The van der Waals surface area contributed by atoms with E-state index in [2.05, 4.69) is 71.1 Å². The third-order valence-electron chi connectivity index (χ3n) is 8.71. The van der Waals surface area contributed by atoms with Gasteiger partial charge in [0.2, 0.25) is 0 Å². The van der Waals surface area contributed by atoms with E-state index in [4.69, 9.17) is 18.9 Å². The Morgan fingerprint density at radius 3 is 1.91 bits per heavy atom. The number of esters is 1. The topological polar surface area (TPSA) is 184 Å². The first-order valence-corrected chi connectivity index (χ1v) is 19.5. The number of benzene rings is 5. The van der Waals surface area contributed by atoms with Crippen LogP contribution in [0.15, 0.2) is 113 Å². The molecule has 0 saturated carbocycles. The molecule has 5 aromatic carbocycles. The molecule has 0 spiro atoms. The van der Waals surface area contributed by atoms with Crippen molar-refractivity contribution in [2.24, 2.45) is 0 Å². The summed E-state index contributed by atoms with van der Waals surface area (Å²) in [5.41, 5.74) is 6.39. The van der Waals surface area contributed by atoms with Crippen LogP contribution < -0.4 is 0 Å². The number of carbonyl (C=O) groups excluding carboxylic acids is 1. The zero-order valence-corrected chi connectivity index (χ0v) is 30.9. The quantitative estimate of drug-likeness (QED) is 0.106. The fourth-order valence-electron chi connectivity index (χ4n) is 6.40. The van der Waals surface area contributed by atoms with Crippen molar-refractivity contribution in [2.45, 2.75) is 43.1 Å². The molecule has 6 aromatic rings. The van der Waals surface area contributed by atoms with Crippen LogP contribution >= 0.6 is 0 Å². The number of likely N-dealkylation sites (N-methyl/N-ethyl adjacent to an activating group) is 1. The number of rotatable bonds is 6. The Labute approximate surface area is 308 Å². The Hall–Kier alpha value is -5.25. The van der Waals surface area contributed by atoms with E-state index in [0.717, 1.165) is 44.3 Å². The van der Waals surface area contributed by atoms with Crippen LogP contribution in [0.5, 0.6) is 11.5 Å². The first kappa shape index (κ1) is 39.0. The van der Waals surface area contributed by atoms with Crippen LogP contribution in [0.4, 0.5) is 0 Å². The number of hydrogen-bond donors (Lipinski definition) is 4. The van der Waals surface area contributed by atoms with Crippen molar-refractivity contribution >= 4 is 47.9 Å². The van der Waals surface area contributed by atoms with Crippen molar-refractivity contribution in [1.29, 1.82) is 0 Å². The van der Waals surface area contributed by atoms with Gasteiger partial charge in [-0.25, -0.2) is 4.79 Å². The van der Waals surface area contributed by atoms with Crippen LogP contribution in [0.25, 0.3) is 21.7 Å². The van der Waals surface area contributed by atoms with Gasteiger partial charge in [-0.15, -0.1) is 0 Å². The van der Waals surface area contributed by atoms with Gasteiger partial charge in [-0.3, -0.25) is 9.11 Å². The zero-order chi connectivity index (χ0) is 38.5. The maximum Gasteiger partial charge on any atom is 0.342 e. The molecule has 0 saturated heterocycles. The first-order valence-electron chi connectivity index (χ1n) is 16.6. The number of carbonyl (C=O) groups is 1. The summed E-state index contributed by atoms with van der Waals surface area (Å²) >= 11 is 0. The predicted octanol–water partition coefficient (Wildman–Crippen LogP) is 6.59. The molecular weight excluding hydrogens is 721 g/mol. The number of ether oxygens (including phenoxy) is 1. The molecule has 14 heteroatoms. The summed E-state index contributed by atoms with van der Waals surface area (Å²) in [5.74, 6) is -0.920. The standard InChI is InChI=1S/C19H20N2.C10H8O6S2.C10H12O4/c1-20-12-11-19-17(14-20)16-9-5-6-10-18(16)21(19)13-15-7-3-2-4-8-15;11-17(12,13)9-5-1-3-7-8(9)4-2-6-10(7)18(14,15)16;1-3-14-10(13)9-6(2)4-7(11)5-8(9)12/h2-10H,11-14H2,1H3;1-6H,(H,11,12,13)(H,14,15,16);4-5,11-12H,3H2,1-2H3. The van der Waals surface area contributed by atoms with Gasteiger partial charge in [-0.1, -0.05) is 72.8 Å². The summed E-state index contributed by atoms with van der Waals surface area (Å²) in [6.07, 6.45) is 1.15. The monoisotopic (exact) mass is 760 g/mol. The lowest BCUT2D eigenvalue weighted by Gasteiger charge is -2.24. The van der Waals surface area contributed by atoms with Gasteiger partial charge in [0.05, 0.1) is 6.61 Å². The lowest BCUT2D eigenvalue weighted by Crippen LogP contribution is -2.27. The highest BCUT2D eigenvalue weighted by Crippen LogP contribution is 2.32. The Morgan fingerprint density at radius 1 is 0.774 bits per heavy atom. The van der Waals surface area contributed by atoms with Gasteiger partial charge in [-0.05, 0) is 61.9 Å². The number of nitrogens with zero attached hydrogens (tertiary/aromatic N) is 2. The summed E-state index contributed by atoms with van der Waals surface area (Å²) in [6.45, 7) is 6.74. The SMILES string of the molecule is CCOC(=O)c1c(C)cc(O)cc1O.CN1CCc2c(c3ccccc3n2Cc2ccccc2)C1.O=S(=O)(O)c1cccc2c(S(=O)(=O)O)cccc12. The molecule has 278 valence electrons. The molecule has 12 nitrogen and oxygen atoms in total. The molecule has 0 atom stereocenters. The third-order valence-corrected chi connectivity index (χ3v) is 10.5. The molecule has 7 rings (SSSR count). The molecule has 53 heavy (non-hydrogen) atoms. The lowest BCUT2D eigenvalue weighted by atomic mass is 10.1. The third kappa shape index (κ3) is 9.04. The molecule has 0 fully saturated rings. The van der Waals surface area contributed by atoms with Crippen LogP contribution in [0.3, 0.4) is 0 Å². The lowest BCUT2D eigenvalue weighted by molar-refractivity contribution is 0.0522. The molecule has 4 N–H and O–H groups in total. The van der Waals surface area contributed by atoms with Gasteiger partial charge >= 0.3 is 5.97 Å². The second kappa shape index (κ2) is 16.2. The average molecular weight is 761 g/mol. The van der Waals surface area contributed by atoms with Gasteiger partial charge in [0.1, 0.15) is 26.9 Å². The summed E-state index contributed by atoms with van der Waals surface area (Å²) in [6, 6.07) is 29.6. The number of aromatic hydroxyl groups is 2. The number of fused-ring (bicyclic) bond motifs is 4. The smallest absolute Gasteiger partial charge is 0.342 e. The average Bonchev–Trinajstić information content (AvgIpc) is 3.40. The minimum absolute atomic E-state index is 0.0233. The van der Waals surface area contributed by atoms with E-state index in [1.807, 2.05) is 0 Å². The number of hydrogen-bond acceptors (Lipinski definition) is 9. The fraction of sp³-hybridized carbons (Fsp3) is 0.205. The molecule has 0 amide bonds. The van der Waals surface area contributed by atoms with Crippen molar-refractivity contribution in [3.8, 4) is 11.5 Å². The normalized spacial score (nSPS) is 13.0. The predicted molar refractivity (Wildman–Crippen MR) is 202 cm³/mol. The molecule has 0 radical (unpaired) electrons. The number of phenols is 2. The molecule has 0 bridgehead atoms. The van der Waals surface area contributed by atoms with Gasteiger partial charge in [0, 0.05) is 59.5 Å². The van der Waals surface area contributed by atoms with Crippen molar-refractivity contribution in [1.82, 2.24) is 9.47 Å². The molecule has 2 heterocycles. The minimum Gasteiger partial charge on any atom is -0.508 e. The van der Waals surface area contributed by atoms with Crippen molar-refractivity contribution in [3.63, 3.8) is 0 Å². The first-order chi connectivity index (χ1) is 25.1. The largest absolute Gasteiger partial charge is 0.508 e. The van der Waals surface area contributed by atoms with E-state index in [0.29, 0.717) is 5.56 Å². The maximum absolute atomic E-state index is 11.3. The Kier molecular flexibility index (Phi) is 11.9. The molecular formula is C39H40N2O10S2. The molecule has 0 unspecified atom stereocenters. The van der Waals surface area contributed by atoms with Crippen LogP contribution in [-0.4, -0.2) is 71.8 Å². The Balaban J connectivity index is 0.000000157. The van der Waals surface area contributed by atoms with E-state index < -0.39 is 36.0 Å². The van der Waals surface area contributed by atoms with Crippen molar-refractivity contribution in [3.05, 3.63) is 131 Å². The van der Waals surface area contributed by atoms with Crippen molar-refractivity contribution in [2.75, 3.05) is 20.2 Å². The van der Waals surface area contributed by atoms with Crippen LogP contribution in [0, 0.1) is 6.92 Å². The Morgan fingerprint density at radius 2 is 1.34 bits per heavy atom. The van der Waals surface area contributed by atoms with Crippen LogP contribution in [-0.2, 0) is 44.5 Å². The number of aryl methyl sites for hydroxylation is 1. The van der Waals surface area contributed by atoms with E-state index in [9.17, 15) is 26.7 Å². The Bertz CT molecular complexity index is 2400. The molecule has 1 aromatic heterocycles. The molecule has 1 aliphatic heterocycles. The summed E-state index contributed by atoms with van der Waals surface area (Å²) in [7, 11) is -6.72. The van der Waals surface area contributed by atoms with Gasteiger partial charge in [0.25, 0.3) is 20.2 Å². The van der Waals surface area contributed by atoms with E-state index in [1.54, 1.807) is 13.8 Å². The van der Waals surface area contributed by atoms with E-state index >= 15 is 0 Å². The van der Waals surface area contributed by atoms with Crippen molar-refractivity contribution < 1.29 is 45.7 Å². The highest BCUT2D eigenvalue weighted by atomic mass is 32.2. The van der Waals surface area contributed by atoms with E-state index in [-0.39, 0.29) is 34.4 Å². The number of phenolic OH excluding ortho intramolecular Hbond substituents is 2. The zero-order valence-electron chi connectivity index (χ0n) is 29.3. The van der Waals surface area contributed by atoms with E-state index in [1.165, 1.54) is 58.1 Å². The molecule has 1 aliphatic rings. The highest BCUT2D eigenvalue weighted by molar-refractivity contribution is 7.86. The van der Waals surface area contributed by atoms with Gasteiger partial charge in [0.15, 0.2) is 0 Å². The second-order valence-corrected chi connectivity index (χ2v) is 15.2. The maximum atomic E-state index is 11.3. The van der Waals surface area contributed by atoms with Gasteiger partial charge in [-0.2, -0.15) is 16.8 Å². The number of aromatic nitrogens is 1. The second-order valence-electron chi connectivity index (χ2n) is 12.4. The fourth-order valence-corrected chi connectivity index (χ4v) is 7.82. The summed E-state index contributed by atoms with van der Waals surface area (Å²) in [5, 5.41) is 20.0. The number of para-hydroxylation sites is 1. The molecule has 0 aliphatic carbocycles. The summed E-state index contributed by atoms with van der Waals surface area (Å²) in [4.78, 5) is 12.9. The minimum atomic E-state index is -4.47. The van der Waals surface area contributed by atoms with Crippen LogP contribution in [0.1, 0.15) is 39.7 Å². The van der Waals surface area contributed by atoms with Gasteiger partial charge < -0.3 is 24.4 Å².